The number of fused-ring (bicyclic) bond motifs is 2. The van der Waals surface area contributed by atoms with Gasteiger partial charge in [0.2, 0.25) is 0 Å². The van der Waals surface area contributed by atoms with E-state index in [1.165, 1.54) is 46.7 Å². The van der Waals surface area contributed by atoms with Crippen molar-refractivity contribution in [1.82, 2.24) is 10.6 Å². The van der Waals surface area contributed by atoms with Crippen molar-refractivity contribution in [1.29, 1.82) is 0 Å². The number of nitrogens with zero attached hydrogens (tertiary/aromatic N) is 2. The summed E-state index contributed by atoms with van der Waals surface area (Å²) < 4.78 is 10.9. The van der Waals surface area contributed by atoms with Crippen LogP contribution < -0.4 is 29.9 Å². The molecule has 0 bridgehead atoms. The SMILES string of the molecule is COc1ccc2c(c1)C(NCCCCCCNC1=CC(C)N(C)c3ccc(OC)cc31)=CC(C)N2C. The van der Waals surface area contributed by atoms with E-state index < -0.39 is 0 Å². The number of likely N-dealkylation sites (N-methyl/N-ethyl adjacent to an activating group) is 2. The lowest BCUT2D eigenvalue weighted by molar-refractivity contribution is 0.414. The Bertz CT molecular complexity index is 1020. The number of rotatable bonds is 11. The van der Waals surface area contributed by atoms with Crippen molar-refractivity contribution in [2.24, 2.45) is 0 Å². The van der Waals surface area contributed by atoms with Crippen LogP contribution in [0.5, 0.6) is 11.5 Å². The van der Waals surface area contributed by atoms with Gasteiger partial charge in [-0.05, 0) is 75.2 Å². The minimum absolute atomic E-state index is 0.362. The maximum atomic E-state index is 5.47. The van der Waals surface area contributed by atoms with Crippen LogP contribution in [0.25, 0.3) is 11.4 Å². The van der Waals surface area contributed by atoms with Crippen molar-refractivity contribution in [2.75, 3.05) is 51.2 Å². The van der Waals surface area contributed by atoms with E-state index in [0.29, 0.717) is 12.1 Å². The molecule has 0 fully saturated rings. The molecule has 0 radical (unpaired) electrons. The van der Waals surface area contributed by atoms with E-state index in [4.69, 9.17) is 9.47 Å². The average molecular weight is 491 g/mol. The van der Waals surface area contributed by atoms with Crippen LogP contribution in [0.1, 0.15) is 50.7 Å². The van der Waals surface area contributed by atoms with Crippen LogP contribution >= 0.6 is 0 Å². The Morgan fingerprint density at radius 3 is 1.47 bits per heavy atom. The molecule has 0 amide bonds. The van der Waals surface area contributed by atoms with E-state index in [2.05, 4.69) is 84.8 Å². The van der Waals surface area contributed by atoms with Crippen LogP contribution in [-0.4, -0.2) is 53.5 Å². The predicted molar refractivity (Wildman–Crippen MR) is 152 cm³/mol. The zero-order chi connectivity index (χ0) is 25.7. The van der Waals surface area contributed by atoms with Crippen molar-refractivity contribution in [3.8, 4) is 11.5 Å². The van der Waals surface area contributed by atoms with Gasteiger partial charge in [0.25, 0.3) is 0 Å². The lowest BCUT2D eigenvalue weighted by Gasteiger charge is -2.33. The summed E-state index contributed by atoms with van der Waals surface area (Å²) in [6, 6.07) is 13.4. The smallest absolute Gasteiger partial charge is 0.119 e. The Kier molecular flexibility index (Phi) is 8.34. The molecule has 6 heteroatoms. The summed E-state index contributed by atoms with van der Waals surface area (Å²) in [5.74, 6) is 1.79. The van der Waals surface area contributed by atoms with Gasteiger partial charge in [-0.1, -0.05) is 12.8 Å². The van der Waals surface area contributed by atoms with E-state index in [9.17, 15) is 0 Å². The lowest BCUT2D eigenvalue weighted by Crippen LogP contribution is -2.33. The molecule has 2 aliphatic rings. The molecule has 2 N–H and O–H groups in total. The van der Waals surface area contributed by atoms with E-state index in [0.717, 1.165) is 37.4 Å². The highest BCUT2D eigenvalue weighted by Crippen LogP contribution is 2.35. The number of nitrogens with one attached hydrogen (secondary N) is 2. The molecule has 0 saturated carbocycles. The van der Waals surface area contributed by atoms with Crippen LogP contribution in [0.4, 0.5) is 11.4 Å². The third-order valence-electron chi connectivity index (χ3n) is 7.52. The number of methoxy groups -OCH3 is 2. The molecule has 194 valence electrons. The highest BCUT2D eigenvalue weighted by atomic mass is 16.5. The van der Waals surface area contributed by atoms with Crippen LogP contribution in [0.2, 0.25) is 0 Å². The van der Waals surface area contributed by atoms with Crippen molar-refractivity contribution in [2.45, 2.75) is 51.6 Å². The monoisotopic (exact) mass is 490 g/mol. The first-order valence-electron chi connectivity index (χ1n) is 13.2. The van der Waals surface area contributed by atoms with Gasteiger partial charge in [-0.3, -0.25) is 0 Å². The highest BCUT2D eigenvalue weighted by molar-refractivity contribution is 5.81. The van der Waals surface area contributed by atoms with E-state index in [-0.39, 0.29) is 0 Å². The van der Waals surface area contributed by atoms with Gasteiger partial charge in [-0.15, -0.1) is 0 Å². The molecule has 36 heavy (non-hydrogen) atoms. The maximum Gasteiger partial charge on any atom is 0.119 e. The number of hydrogen-bond acceptors (Lipinski definition) is 6. The zero-order valence-electron chi connectivity index (χ0n) is 22.7. The standard InChI is InChI=1S/C30H42N4O2/c1-21-17-27(25-19-23(35-5)11-13-29(25)33(21)3)31-15-9-7-8-10-16-32-28-18-22(2)34(4)30-14-12-24(36-6)20-26(28)30/h11-14,17-22,31-32H,7-10,15-16H2,1-6H3. The molecule has 2 aromatic rings. The Labute approximate surface area is 217 Å². The van der Waals surface area contributed by atoms with Crippen molar-refractivity contribution < 1.29 is 9.47 Å². The topological polar surface area (TPSA) is 49.0 Å². The van der Waals surface area contributed by atoms with Gasteiger partial charge < -0.3 is 29.9 Å². The Hall–Kier alpha value is -3.28. The Morgan fingerprint density at radius 1 is 0.667 bits per heavy atom. The fraction of sp³-hybridized carbons (Fsp3) is 0.467. The molecule has 2 aromatic carbocycles. The minimum Gasteiger partial charge on any atom is -0.497 e. The molecule has 6 nitrogen and oxygen atoms in total. The summed E-state index contributed by atoms with van der Waals surface area (Å²) in [5, 5.41) is 7.38. The van der Waals surface area contributed by atoms with Gasteiger partial charge in [-0.25, -0.2) is 0 Å². The molecular formula is C30H42N4O2. The molecule has 2 aliphatic heterocycles. The summed E-state index contributed by atoms with van der Waals surface area (Å²) >= 11 is 0. The number of hydrogen-bond donors (Lipinski definition) is 2. The molecule has 2 unspecified atom stereocenters. The molecule has 4 rings (SSSR count). The lowest BCUT2D eigenvalue weighted by atomic mass is 10.00. The summed E-state index contributed by atoms with van der Waals surface area (Å²) in [6.07, 6.45) is 9.37. The minimum atomic E-state index is 0.362. The van der Waals surface area contributed by atoms with Gasteiger partial charge in [-0.2, -0.15) is 0 Å². The summed E-state index contributed by atoms with van der Waals surface area (Å²) in [6.45, 7) is 6.43. The number of benzene rings is 2. The van der Waals surface area contributed by atoms with Crippen LogP contribution in [0.15, 0.2) is 48.6 Å². The van der Waals surface area contributed by atoms with Gasteiger partial charge in [0, 0.05) is 73.2 Å². The highest BCUT2D eigenvalue weighted by Gasteiger charge is 2.22. The molecule has 0 spiro atoms. The van der Waals surface area contributed by atoms with Gasteiger partial charge in [0.05, 0.1) is 14.2 Å². The van der Waals surface area contributed by atoms with Crippen molar-refractivity contribution >= 4 is 22.8 Å². The van der Waals surface area contributed by atoms with Crippen molar-refractivity contribution in [3.05, 3.63) is 59.7 Å². The Morgan fingerprint density at radius 2 is 1.08 bits per heavy atom. The normalized spacial score (nSPS) is 18.6. The average Bonchev–Trinajstić information content (AvgIpc) is 2.90. The second-order valence-corrected chi connectivity index (χ2v) is 9.90. The number of anilines is 2. The summed E-state index contributed by atoms with van der Waals surface area (Å²) in [4.78, 5) is 4.62. The Balaban J connectivity index is 1.22. The molecule has 0 aromatic heterocycles. The first-order valence-corrected chi connectivity index (χ1v) is 13.2. The summed E-state index contributed by atoms with van der Waals surface area (Å²) in [5.41, 5.74) is 7.36. The third-order valence-corrected chi connectivity index (χ3v) is 7.52. The fourth-order valence-corrected chi connectivity index (χ4v) is 5.01. The fourth-order valence-electron chi connectivity index (χ4n) is 5.01. The van der Waals surface area contributed by atoms with Crippen molar-refractivity contribution in [3.63, 3.8) is 0 Å². The second-order valence-electron chi connectivity index (χ2n) is 9.90. The number of unbranched alkanes of at least 4 members (excludes halogenated alkanes) is 3. The summed E-state index contributed by atoms with van der Waals surface area (Å²) in [7, 11) is 7.74. The first-order chi connectivity index (χ1) is 17.4. The van der Waals surface area contributed by atoms with E-state index in [1.54, 1.807) is 14.2 Å². The van der Waals surface area contributed by atoms with Gasteiger partial charge in [0.1, 0.15) is 11.5 Å². The van der Waals surface area contributed by atoms with Crippen LogP contribution in [-0.2, 0) is 0 Å². The second kappa shape index (κ2) is 11.6. The van der Waals surface area contributed by atoms with E-state index in [1.807, 2.05) is 12.1 Å². The van der Waals surface area contributed by atoms with Crippen LogP contribution in [0.3, 0.4) is 0 Å². The zero-order valence-corrected chi connectivity index (χ0v) is 22.7. The predicted octanol–water partition coefficient (Wildman–Crippen LogP) is 5.50. The molecule has 2 atom stereocenters. The third kappa shape index (κ3) is 5.58. The first kappa shape index (κ1) is 25.8. The maximum absolute atomic E-state index is 5.47. The molecule has 0 aliphatic carbocycles. The molecule has 0 saturated heterocycles. The quantitative estimate of drug-likeness (QED) is 0.406. The van der Waals surface area contributed by atoms with Gasteiger partial charge >= 0.3 is 0 Å². The van der Waals surface area contributed by atoms with Crippen LogP contribution in [0, 0.1) is 0 Å². The van der Waals surface area contributed by atoms with Gasteiger partial charge in [0.15, 0.2) is 0 Å². The number of ether oxygens (including phenoxy) is 2. The van der Waals surface area contributed by atoms with E-state index >= 15 is 0 Å². The largest absolute Gasteiger partial charge is 0.497 e. The molecular weight excluding hydrogens is 448 g/mol. The molecule has 2 heterocycles.